The smallest absolute Gasteiger partial charge is 0.245 e. The summed E-state index contributed by atoms with van der Waals surface area (Å²) in [5, 5.41) is 4.90. The molecule has 0 amide bonds. The van der Waals surface area contributed by atoms with Crippen LogP contribution in [0.2, 0.25) is 0 Å². The molecule has 29 heavy (non-hydrogen) atoms. The molecule has 0 aromatic carbocycles. The Morgan fingerprint density at radius 1 is 0.621 bits per heavy atom. The van der Waals surface area contributed by atoms with Crippen molar-refractivity contribution in [3.8, 4) is 0 Å². The van der Waals surface area contributed by atoms with E-state index < -0.39 is 11.8 Å². The van der Waals surface area contributed by atoms with Crippen LogP contribution < -0.4 is 5.32 Å². The van der Waals surface area contributed by atoms with Gasteiger partial charge in [-0.3, -0.25) is 0 Å². The van der Waals surface area contributed by atoms with Crippen molar-refractivity contribution in [2.24, 2.45) is 11.8 Å². The summed E-state index contributed by atoms with van der Waals surface area (Å²) < 4.78 is 24.9. The maximum absolute atomic E-state index is 6.43. The van der Waals surface area contributed by atoms with E-state index in [2.05, 4.69) is 13.8 Å². The Morgan fingerprint density at radius 2 is 0.966 bits per heavy atom. The molecule has 0 bridgehead atoms. The van der Waals surface area contributed by atoms with Gasteiger partial charge in [0.1, 0.15) is 0 Å². The van der Waals surface area contributed by atoms with Gasteiger partial charge in [0.25, 0.3) is 0 Å². The van der Waals surface area contributed by atoms with Gasteiger partial charge in [-0.15, -0.1) is 5.32 Å². The number of rotatable bonds is 12. The minimum absolute atomic E-state index is 0.184. The molecule has 0 aromatic heterocycles. The zero-order valence-electron chi connectivity index (χ0n) is 19.9. The fraction of sp³-hybridized carbons (Fsp3) is 1.00. The molecule has 2 unspecified atom stereocenters. The third kappa shape index (κ3) is 8.10. The minimum Gasteiger partial charge on any atom is -0.337 e. The number of nitrogens with zero attached hydrogens (tertiary/aromatic N) is 1. The fourth-order valence-corrected chi connectivity index (χ4v) is 5.02. The molecule has 5 heteroatoms. The van der Waals surface area contributed by atoms with E-state index in [1.54, 1.807) is 0 Å². The van der Waals surface area contributed by atoms with Gasteiger partial charge in [0.05, 0.1) is 12.2 Å². The monoisotopic (exact) mass is 412 g/mol. The molecule has 171 valence electrons. The van der Waals surface area contributed by atoms with Crippen molar-refractivity contribution < 1.29 is 18.9 Å². The minimum atomic E-state index is -1.05. The first-order valence-electron chi connectivity index (χ1n) is 12.2. The molecular weight excluding hydrogens is 366 g/mol. The van der Waals surface area contributed by atoms with Gasteiger partial charge in [-0.1, -0.05) is 26.7 Å². The van der Waals surface area contributed by atoms with E-state index in [0.717, 1.165) is 37.5 Å². The van der Waals surface area contributed by atoms with Crippen LogP contribution in [0.1, 0.15) is 106 Å². The highest BCUT2D eigenvalue weighted by Crippen LogP contribution is 2.34. The molecule has 5 nitrogen and oxygen atoms in total. The summed E-state index contributed by atoms with van der Waals surface area (Å²) in [5.41, 5.74) is 0. The molecule has 2 aliphatic carbocycles. The molecule has 0 aromatic rings. The molecule has 2 rings (SSSR count). The normalized spacial score (nSPS) is 32.5. The summed E-state index contributed by atoms with van der Waals surface area (Å²) in [6, 6.07) is 0. The standard InChI is InChI=1S/C24H46NO4/c1-7-19-11-15-21(16-12-19)28-23(5,26-9-3)25-24(6,27-10-4)29-22-17-13-20(8-2)14-18-22/h19-22H,7-18H2,1-6H3. The predicted molar refractivity (Wildman–Crippen MR) is 116 cm³/mol. The van der Waals surface area contributed by atoms with Gasteiger partial charge >= 0.3 is 0 Å². The summed E-state index contributed by atoms with van der Waals surface area (Å²) in [4.78, 5) is 0. The Balaban J connectivity index is 1.99. The zero-order valence-corrected chi connectivity index (χ0v) is 19.9. The zero-order chi connectivity index (χ0) is 21.3. The number of hydrogen-bond donors (Lipinski definition) is 0. The van der Waals surface area contributed by atoms with Crippen molar-refractivity contribution in [3.05, 3.63) is 0 Å². The van der Waals surface area contributed by atoms with Gasteiger partial charge in [0, 0.05) is 27.1 Å². The lowest BCUT2D eigenvalue weighted by Gasteiger charge is -2.42. The number of hydrogen-bond acceptors (Lipinski definition) is 4. The van der Waals surface area contributed by atoms with Crippen LogP contribution in [0.15, 0.2) is 0 Å². The van der Waals surface area contributed by atoms with Crippen molar-refractivity contribution in [3.63, 3.8) is 0 Å². The largest absolute Gasteiger partial charge is 0.337 e. The first kappa shape index (κ1) is 25.1. The van der Waals surface area contributed by atoms with E-state index in [0.29, 0.717) is 13.2 Å². The molecule has 0 N–H and O–H groups in total. The molecule has 0 heterocycles. The molecule has 0 spiro atoms. The van der Waals surface area contributed by atoms with Gasteiger partial charge in [-0.25, -0.2) is 0 Å². The third-order valence-corrected chi connectivity index (χ3v) is 6.74. The van der Waals surface area contributed by atoms with E-state index in [1.807, 2.05) is 27.7 Å². The molecule has 0 aliphatic heterocycles. The quantitative estimate of drug-likeness (QED) is 0.370. The topological polar surface area (TPSA) is 51.0 Å². The van der Waals surface area contributed by atoms with E-state index in [1.165, 1.54) is 38.5 Å². The average molecular weight is 413 g/mol. The van der Waals surface area contributed by atoms with Crippen LogP contribution in [-0.4, -0.2) is 37.2 Å². The Bertz CT molecular complexity index is 406. The van der Waals surface area contributed by atoms with Crippen LogP contribution in [0, 0.1) is 11.8 Å². The fourth-order valence-electron chi connectivity index (χ4n) is 5.02. The molecule has 2 fully saturated rings. The first-order valence-corrected chi connectivity index (χ1v) is 12.2. The summed E-state index contributed by atoms with van der Waals surface area (Å²) >= 11 is 0. The van der Waals surface area contributed by atoms with Crippen LogP contribution >= 0.6 is 0 Å². The molecule has 2 saturated carbocycles. The lowest BCUT2D eigenvalue weighted by atomic mass is 9.86. The SMILES string of the molecule is CCOC(C)([N]C(C)(OCC)OC1CCC(CC)CC1)OC1CCC(CC)CC1. The lowest BCUT2D eigenvalue weighted by molar-refractivity contribution is -0.354. The van der Waals surface area contributed by atoms with Crippen LogP contribution in [0.25, 0.3) is 0 Å². The maximum Gasteiger partial charge on any atom is 0.245 e. The second-order valence-electron chi connectivity index (χ2n) is 9.11. The van der Waals surface area contributed by atoms with Crippen LogP contribution in [0.4, 0.5) is 0 Å². The van der Waals surface area contributed by atoms with Crippen LogP contribution in [-0.2, 0) is 18.9 Å². The van der Waals surface area contributed by atoms with Crippen molar-refractivity contribution in [1.29, 1.82) is 0 Å². The van der Waals surface area contributed by atoms with Crippen LogP contribution in [0.3, 0.4) is 0 Å². The predicted octanol–water partition coefficient (Wildman–Crippen LogP) is 5.98. The van der Waals surface area contributed by atoms with Crippen molar-refractivity contribution in [2.45, 2.75) is 130 Å². The highest BCUT2D eigenvalue weighted by Gasteiger charge is 2.43. The highest BCUT2D eigenvalue weighted by atomic mass is 16.8. The number of ether oxygens (including phenoxy) is 4. The van der Waals surface area contributed by atoms with E-state index in [-0.39, 0.29) is 12.2 Å². The van der Waals surface area contributed by atoms with Crippen LogP contribution in [0.5, 0.6) is 0 Å². The third-order valence-electron chi connectivity index (χ3n) is 6.74. The second kappa shape index (κ2) is 12.0. The van der Waals surface area contributed by atoms with Gasteiger partial charge in [-0.05, 0) is 77.0 Å². The average Bonchev–Trinajstić information content (AvgIpc) is 2.69. The molecule has 0 saturated heterocycles. The summed E-state index contributed by atoms with van der Waals surface area (Å²) in [5.74, 6) is -0.438. The van der Waals surface area contributed by atoms with E-state index >= 15 is 0 Å². The molecular formula is C24H46NO4. The Labute approximate surface area is 179 Å². The van der Waals surface area contributed by atoms with E-state index in [9.17, 15) is 0 Å². The Kier molecular flexibility index (Phi) is 10.4. The summed E-state index contributed by atoms with van der Waals surface area (Å²) in [6.45, 7) is 13.4. The first-order chi connectivity index (χ1) is 13.8. The molecule has 2 aliphatic rings. The lowest BCUT2D eigenvalue weighted by Crippen LogP contribution is -2.57. The van der Waals surface area contributed by atoms with E-state index in [4.69, 9.17) is 24.3 Å². The Morgan fingerprint density at radius 3 is 1.24 bits per heavy atom. The highest BCUT2D eigenvalue weighted by molar-refractivity contribution is 4.79. The van der Waals surface area contributed by atoms with Gasteiger partial charge in [-0.2, -0.15) is 0 Å². The summed E-state index contributed by atoms with van der Waals surface area (Å²) in [7, 11) is 0. The van der Waals surface area contributed by atoms with Gasteiger partial charge < -0.3 is 18.9 Å². The van der Waals surface area contributed by atoms with Gasteiger partial charge in [0.2, 0.25) is 11.8 Å². The Hall–Kier alpha value is -0.200. The van der Waals surface area contributed by atoms with Crippen molar-refractivity contribution in [2.75, 3.05) is 13.2 Å². The molecule has 2 atom stereocenters. The molecule has 1 radical (unpaired) electrons. The summed E-state index contributed by atoms with van der Waals surface area (Å²) in [6.07, 6.45) is 12.1. The van der Waals surface area contributed by atoms with Crippen molar-refractivity contribution in [1.82, 2.24) is 5.32 Å². The van der Waals surface area contributed by atoms with Gasteiger partial charge in [0.15, 0.2) is 0 Å². The van der Waals surface area contributed by atoms with Crippen molar-refractivity contribution >= 4 is 0 Å². The maximum atomic E-state index is 6.43. The second-order valence-corrected chi connectivity index (χ2v) is 9.11.